The molecule has 1 fully saturated rings. The number of sulfonamides is 1. The van der Waals surface area contributed by atoms with Gasteiger partial charge in [-0.1, -0.05) is 30.3 Å². The van der Waals surface area contributed by atoms with Crippen LogP contribution in [0.15, 0.2) is 54.6 Å². The van der Waals surface area contributed by atoms with Crippen molar-refractivity contribution in [2.24, 2.45) is 5.92 Å². The summed E-state index contributed by atoms with van der Waals surface area (Å²) in [5, 5.41) is 2.62. The van der Waals surface area contributed by atoms with Gasteiger partial charge in [-0.2, -0.15) is 13.2 Å². The van der Waals surface area contributed by atoms with Crippen molar-refractivity contribution in [1.29, 1.82) is 0 Å². The van der Waals surface area contributed by atoms with Crippen LogP contribution in [-0.4, -0.2) is 37.5 Å². The third kappa shape index (κ3) is 6.54. The van der Waals surface area contributed by atoms with E-state index in [4.69, 9.17) is 0 Å². The summed E-state index contributed by atoms with van der Waals surface area (Å²) in [7, 11) is -3.39. The molecule has 1 N–H and O–H groups in total. The molecule has 1 aliphatic heterocycles. The number of benzene rings is 2. The molecule has 9 heteroatoms. The molecular formula is C22H25F3N2O3S. The van der Waals surface area contributed by atoms with Crippen LogP contribution in [0.5, 0.6) is 0 Å². The first-order valence-electron chi connectivity index (χ1n) is 10.1. The standard InChI is InChI=1S/C22H25F3N2O3S/c23-22(24,25)19-8-10-20(11-9-19)26-21(28)18-12-14-27(15-13-18)31(29,30)16-4-7-17-5-2-1-3-6-17/h1-3,5-6,8-11,18H,4,7,12-16H2,(H,26,28). The molecule has 0 bridgehead atoms. The number of carbonyl (C=O) groups is 1. The molecule has 0 atom stereocenters. The second-order valence-corrected chi connectivity index (χ2v) is 9.73. The number of piperidine rings is 1. The molecule has 0 unspecified atom stereocenters. The molecule has 2 aromatic rings. The minimum Gasteiger partial charge on any atom is -0.326 e. The smallest absolute Gasteiger partial charge is 0.326 e. The second-order valence-electron chi connectivity index (χ2n) is 7.64. The summed E-state index contributed by atoms with van der Waals surface area (Å²) in [6.07, 6.45) is -2.45. The number of amides is 1. The van der Waals surface area contributed by atoms with Gasteiger partial charge >= 0.3 is 6.18 Å². The number of carbonyl (C=O) groups excluding carboxylic acids is 1. The van der Waals surface area contributed by atoms with Crippen LogP contribution in [0.2, 0.25) is 0 Å². The van der Waals surface area contributed by atoms with E-state index in [-0.39, 0.29) is 36.4 Å². The van der Waals surface area contributed by atoms with Crippen LogP contribution in [0.25, 0.3) is 0 Å². The van der Waals surface area contributed by atoms with Gasteiger partial charge in [0.15, 0.2) is 0 Å². The molecular weight excluding hydrogens is 429 g/mol. The summed E-state index contributed by atoms with van der Waals surface area (Å²) in [6, 6.07) is 14.0. The Hall–Kier alpha value is -2.39. The number of hydrogen-bond donors (Lipinski definition) is 1. The van der Waals surface area contributed by atoms with Gasteiger partial charge in [0.1, 0.15) is 0 Å². The lowest BCUT2D eigenvalue weighted by atomic mass is 9.97. The molecule has 0 radical (unpaired) electrons. The monoisotopic (exact) mass is 454 g/mol. The van der Waals surface area contributed by atoms with Gasteiger partial charge in [-0.15, -0.1) is 0 Å². The maximum absolute atomic E-state index is 12.6. The van der Waals surface area contributed by atoms with Gasteiger partial charge in [-0.25, -0.2) is 12.7 Å². The molecule has 1 amide bonds. The van der Waals surface area contributed by atoms with Crippen LogP contribution in [0.3, 0.4) is 0 Å². The molecule has 2 aromatic carbocycles. The zero-order valence-electron chi connectivity index (χ0n) is 16.9. The van der Waals surface area contributed by atoms with E-state index in [1.54, 1.807) is 0 Å². The maximum atomic E-state index is 12.6. The SMILES string of the molecule is O=C(Nc1ccc(C(F)(F)F)cc1)C1CCN(S(=O)(=O)CCCc2ccccc2)CC1. The van der Waals surface area contributed by atoms with E-state index < -0.39 is 21.8 Å². The van der Waals surface area contributed by atoms with Crippen LogP contribution in [0.1, 0.15) is 30.4 Å². The zero-order valence-corrected chi connectivity index (χ0v) is 17.8. The number of hydrogen-bond acceptors (Lipinski definition) is 3. The average molecular weight is 455 g/mol. The van der Waals surface area contributed by atoms with Crippen molar-refractivity contribution >= 4 is 21.6 Å². The molecule has 0 spiro atoms. The van der Waals surface area contributed by atoms with Gasteiger partial charge in [0.25, 0.3) is 0 Å². The highest BCUT2D eigenvalue weighted by atomic mass is 32.2. The van der Waals surface area contributed by atoms with E-state index in [0.717, 1.165) is 17.7 Å². The van der Waals surface area contributed by atoms with E-state index >= 15 is 0 Å². The normalized spacial score (nSPS) is 16.2. The topological polar surface area (TPSA) is 66.5 Å². The highest BCUT2D eigenvalue weighted by molar-refractivity contribution is 7.89. The first kappa shape index (κ1) is 23.3. The Morgan fingerprint density at radius 1 is 1.00 bits per heavy atom. The summed E-state index contributed by atoms with van der Waals surface area (Å²) >= 11 is 0. The molecule has 5 nitrogen and oxygen atoms in total. The Balaban J connectivity index is 1.46. The summed E-state index contributed by atoms with van der Waals surface area (Å²) in [6.45, 7) is 0.525. The fourth-order valence-corrected chi connectivity index (χ4v) is 5.15. The summed E-state index contributed by atoms with van der Waals surface area (Å²) in [5.41, 5.74) is 0.599. The van der Waals surface area contributed by atoms with E-state index in [9.17, 15) is 26.4 Å². The van der Waals surface area contributed by atoms with E-state index in [1.807, 2.05) is 30.3 Å². The maximum Gasteiger partial charge on any atom is 0.416 e. The number of aryl methyl sites for hydroxylation is 1. The molecule has 0 aromatic heterocycles. The van der Waals surface area contributed by atoms with E-state index in [0.29, 0.717) is 25.7 Å². The Morgan fingerprint density at radius 2 is 1.61 bits per heavy atom. The number of halogens is 3. The quantitative estimate of drug-likeness (QED) is 0.678. The Labute approximate surface area is 180 Å². The lowest BCUT2D eigenvalue weighted by Crippen LogP contribution is -2.42. The van der Waals surface area contributed by atoms with Crippen molar-refractivity contribution in [1.82, 2.24) is 4.31 Å². The van der Waals surface area contributed by atoms with Gasteiger partial charge in [-0.3, -0.25) is 4.79 Å². The minimum atomic E-state index is -4.43. The first-order valence-corrected chi connectivity index (χ1v) is 11.8. The lowest BCUT2D eigenvalue weighted by molar-refractivity contribution is -0.137. The highest BCUT2D eigenvalue weighted by Crippen LogP contribution is 2.30. The molecule has 1 aliphatic rings. The van der Waals surface area contributed by atoms with Crippen LogP contribution in [0, 0.1) is 5.92 Å². The highest BCUT2D eigenvalue weighted by Gasteiger charge is 2.32. The molecule has 3 rings (SSSR count). The summed E-state index contributed by atoms with van der Waals surface area (Å²) in [4.78, 5) is 12.4. The number of rotatable bonds is 7. The number of nitrogens with zero attached hydrogens (tertiary/aromatic N) is 1. The Bertz CT molecular complexity index is 969. The average Bonchev–Trinajstić information content (AvgIpc) is 2.74. The van der Waals surface area contributed by atoms with Crippen LogP contribution >= 0.6 is 0 Å². The fourth-order valence-electron chi connectivity index (χ4n) is 3.62. The molecule has 1 saturated heterocycles. The predicted octanol–water partition coefficient (Wildman–Crippen LogP) is 4.32. The van der Waals surface area contributed by atoms with E-state index in [1.165, 1.54) is 16.4 Å². The minimum absolute atomic E-state index is 0.0598. The number of nitrogens with one attached hydrogen (secondary N) is 1. The second kappa shape index (κ2) is 9.82. The van der Waals surface area contributed by atoms with Crippen LogP contribution in [-0.2, 0) is 27.4 Å². The lowest BCUT2D eigenvalue weighted by Gasteiger charge is -2.30. The summed E-state index contributed by atoms with van der Waals surface area (Å²) < 4.78 is 64.5. The molecule has 1 heterocycles. The van der Waals surface area contributed by atoms with Gasteiger partial charge in [-0.05, 0) is 55.5 Å². The summed E-state index contributed by atoms with van der Waals surface area (Å²) in [5.74, 6) is -0.622. The number of anilines is 1. The Kier molecular flexibility index (Phi) is 7.38. The van der Waals surface area contributed by atoms with Crippen molar-refractivity contribution in [3.05, 3.63) is 65.7 Å². The van der Waals surface area contributed by atoms with Crippen molar-refractivity contribution in [2.45, 2.75) is 31.9 Å². The number of alkyl halides is 3. The first-order chi connectivity index (χ1) is 14.6. The molecule has 0 saturated carbocycles. The van der Waals surface area contributed by atoms with Gasteiger partial charge in [0.2, 0.25) is 15.9 Å². The fraction of sp³-hybridized carbons (Fsp3) is 0.409. The third-order valence-corrected chi connectivity index (χ3v) is 7.36. The third-order valence-electron chi connectivity index (χ3n) is 5.41. The van der Waals surface area contributed by atoms with Crippen LogP contribution < -0.4 is 5.32 Å². The van der Waals surface area contributed by atoms with Crippen molar-refractivity contribution in [3.8, 4) is 0 Å². The van der Waals surface area contributed by atoms with Crippen molar-refractivity contribution < 1.29 is 26.4 Å². The van der Waals surface area contributed by atoms with Crippen molar-refractivity contribution in [3.63, 3.8) is 0 Å². The van der Waals surface area contributed by atoms with Crippen molar-refractivity contribution in [2.75, 3.05) is 24.2 Å². The van der Waals surface area contributed by atoms with Gasteiger partial charge in [0, 0.05) is 24.7 Å². The zero-order chi connectivity index (χ0) is 22.5. The van der Waals surface area contributed by atoms with Crippen LogP contribution in [0.4, 0.5) is 18.9 Å². The van der Waals surface area contributed by atoms with E-state index in [2.05, 4.69) is 5.32 Å². The molecule has 31 heavy (non-hydrogen) atoms. The van der Waals surface area contributed by atoms with Gasteiger partial charge < -0.3 is 5.32 Å². The Morgan fingerprint density at radius 3 is 2.19 bits per heavy atom. The molecule has 168 valence electrons. The van der Waals surface area contributed by atoms with Gasteiger partial charge in [0.05, 0.1) is 11.3 Å². The largest absolute Gasteiger partial charge is 0.416 e. The predicted molar refractivity (Wildman–Crippen MR) is 113 cm³/mol. The molecule has 0 aliphatic carbocycles.